The van der Waals surface area contributed by atoms with Gasteiger partial charge in [0.05, 0.1) is 24.1 Å². The molecular formula is C13H15N5O. The van der Waals surface area contributed by atoms with Crippen LogP contribution in [-0.4, -0.2) is 26.7 Å². The maximum atomic E-state index is 5.73. The number of nitrogens with one attached hydrogen (secondary N) is 1. The van der Waals surface area contributed by atoms with Crippen molar-refractivity contribution in [2.75, 3.05) is 7.11 Å². The Morgan fingerprint density at radius 2 is 2.11 bits per heavy atom. The minimum atomic E-state index is 0.417. The third-order valence-electron chi connectivity index (χ3n) is 3.14. The van der Waals surface area contributed by atoms with Crippen molar-refractivity contribution >= 4 is 5.78 Å². The molecule has 6 heteroatoms. The largest absolute Gasteiger partial charge is 0.496 e. The molecule has 3 aromatic rings. The molecule has 0 saturated heterocycles. The van der Waals surface area contributed by atoms with E-state index in [1.807, 2.05) is 35.7 Å². The lowest BCUT2D eigenvalue weighted by atomic mass is 10.2. The van der Waals surface area contributed by atoms with Crippen LogP contribution < -0.4 is 10.5 Å². The molecule has 0 bridgehead atoms. The van der Waals surface area contributed by atoms with Crippen LogP contribution in [0.3, 0.4) is 0 Å². The van der Waals surface area contributed by atoms with Crippen LogP contribution in [0.25, 0.3) is 17.2 Å². The molecule has 0 aliphatic rings. The fourth-order valence-corrected chi connectivity index (χ4v) is 2.17. The lowest BCUT2D eigenvalue weighted by molar-refractivity contribution is 0.416. The predicted octanol–water partition coefficient (Wildman–Crippen LogP) is 1.50. The monoisotopic (exact) mass is 257 g/mol. The van der Waals surface area contributed by atoms with E-state index in [9.17, 15) is 0 Å². The number of nitrogens with two attached hydrogens (primary N) is 1. The maximum absolute atomic E-state index is 5.73. The summed E-state index contributed by atoms with van der Waals surface area (Å²) in [5.74, 6) is 2.11. The Morgan fingerprint density at radius 3 is 2.84 bits per heavy atom. The van der Waals surface area contributed by atoms with Gasteiger partial charge in [0.25, 0.3) is 5.78 Å². The molecule has 0 aliphatic carbocycles. The molecule has 0 atom stereocenters. The van der Waals surface area contributed by atoms with Gasteiger partial charge in [-0.3, -0.25) is 5.10 Å². The fourth-order valence-electron chi connectivity index (χ4n) is 2.17. The summed E-state index contributed by atoms with van der Waals surface area (Å²) in [5.41, 5.74) is 8.46. The number of aromatic nitrogens is 4. The van der Waals surface area contributed by atoms with Crippen molar-refractivity contribution in [2.24, 2.45) is 5.73 Å². The number of hydrogen-bond acceptors (Lipinski definition) is 4. The first-order chi connectivity index (χ1) is 9.24. The summed E-state index contributed by atoms with van der Waals surface area (Å²) in [4.78, 5) is 8.87. The van der Waals surface area contributed by atoms with E-state index in [0.717, 1.165) is 28.5 Å². The lowest BCUT2D eigenvalue weighted by Gasteiger charge is -2.04. The highest BCUT2D eigenvalue weighted by molar-refractivity contribution is 5.65. The summed E-state index contributed by atoms with van der Waals surface area (Å²) in [7, 11) is 1.64. The van der Waals surface area contributed by atoms with E-state index in [1.165, 1.54) is 0 Å². The highest BCUT2D eigenvalue weighted by Gasteiger charge is 2.14. The van der Waals surface area contributed by atoms with Gasteiger partial charge in [-0.1, -0.05) is 12.1 Å². The van der Waals surface area contributed by atoms with E-state index in [4.69, 9.17) is 10.5 Å². The molecule has 0 unspecified atom stereocenters. The van der Waals surface area contributed by atoms with E-state index in [2.05, 4.69) is 15.1 Å². The molecule has 2 aromatic heterocycles. The molecule has 0 spiro atoms. The molecule has 0 aliphatic heterocycles. The number of methoxy groups -OCH3 is 1. The molecule has 0 saturated carbocycles. The van der Waals surface area contributed by atoms with E-state index >= 15 is 0 Å². The van der Waals surface area contributed by atoms with Crippen LogP contribution >= 0.6 is 0 Å². The van der Waals surface area contributed by atoms with Gasteiger partial charge in [0, 0.05) is 6.54 Å². The summed E-state index contributed by atoms with van der Waals surface area (Å²) in [5, 5.41) is 3.21. The maximum Gasteiger partial charge on any atom is 0.251 e. The molecule has 3 N–H and O–H groups in total. The number of H-pyrrole nitrogens is 1. The summed E-state index contributed by atoms with van der Waals surface area (Å²) in [6.45, 7) is 2.34. The second kappa shape index (κ2) is 4.40. The number of para-hydroxylation sites is 1. The number of fused-ring (bicyclic) bond motifs is 1. The molecular weight excluding hydrogens is 242 g/mol. The summed E-state index contributed by atoms with van der Waals surface area (Å²) < 4.78 is 7.15. The van der Waals surface area contributed by atoms with Crippen LogP contribution in [0, 0.1) is 6.92 Å². The second-order valence-corrected chi connectivity index (χ2v) is 4.26. The number of ether oxygens (including phenoxy) is 1. The Hall–Kier alpha value is -2.34. The van der Waals surface area contributed by atoms with Gasteiger partial charge in [-0.2, -0.15) is 4.98 Å². The Labute approximate surface area is 110 Å². The van der Waals surface area contributed by atoms with Crippen molar-refractivity contribution in [1.29, 1.82) is 0 Å². The zero-order valence-corrected chi connectivity index (χ0v) is 10.8. The highest BCUT2D eigenvalue weighted by atomic mass is 16.5. The summed E-state index contributed by atoms with van der Waals surface area (Å²) in [6, 6.07) is 7.71. The second-order valence-electron chi connectivity index (χ2n) is 4.26. The van der Waals surface area contributed by atoms with Crippen molar-refractivity contribution in [3.8, 4) is 17.1 Å². The van der Waals surface area contributed by atoms with Gasteiger partial charge in [-0.15, -0.1) is 0 Å². The van der Waals surface area contributed by atoms with Crippen molar-refractivity contribution in [2.45, 2.75) is 13.5 Å². The minimum absolute atomic E-state index is 0.417. The number of rotatable bonds is 3. The zero-order valence-electron chi connectivity index (χ0n) is 10.8. The van der Waals surface area contributed by atoms with E-state index < -0.39 is 0 Å². The first-order valence-electron chi connectivity index (χ1n) is 6.02. The molecule has 3 rings (SSSR count). The summed E-state index contributed by atoms with van der Waals surface area (Å²) in [6.07, 6.45) is 0. The quantitative estimate of drug-likeness (QED) is 0.745. The molecule has 0 fully saturated rings. The highest BCUT2D eigenvalue weighted by Crippen LogP contribution is 2.27. The molecule has 0 amide bonds. The van der Waals surface area contributed by atoms with Gasteiger partial charge in [-0.25, -0.2) is 9.50 Å². The van der Waals surface area contributed by atoms with Crippen LogP contribution in [0.2, 0.25) is 0 Å². The zero-order chi connectivity index (χ0) is 13.4. The summed E-state index contributed by atoms with van der Waals surface area (Å²) >= 11 is 0. The standard InChI is InChI=1S/C13H15N5O/c1-8-10(7-14)18-13(15-8)16-12(17-18)9-5-3-4-6-11(9)19-2/h3-6H,7,14H2,1-2H3,(H,15,16,17). The molecule has 0 radical (unpaired) electrons. The Bertz CT molecular complexity index is 728. The normalized spacial score (nSPS) is 11.1. The number of hydrogen-bond donors (Lipinski definition) is 2. The fraction of sp³-hybridized carbons (Fsp3) is 0.231. The average Bonchev–Trinajstić information content (AvgIpc) is 2.95. The molecule has 98 valence electrons. The molecule has 2 heterocycles. The SMILES string of the molecule is COc1ccccc1-c1nc2nc(C)c(CN)n2[nH]1. The third kappa shape index (κ3) is 1.77. The molecule has 19 heavy (non-hydrogen) atoms. The van der Waals surface area contributed by atoms with Crippen molar-refractivity contribution in [3.05, 3.63) is 35.7 Å². The van der Waals surface area contributed by atoms with Gasteiger partial charge in [0.1, 0.15) is 5.75 Å². The van der Waals surface area contributed by atoms with Crippen molar-refractivity contribution in [3.63, 3.8) is 0 Å². The van der Waals surface area contributed by atoms with Crippen LogP contribution in [0.5, 0.6) is 5.75 Å². The van der Waals surface area contributed by atoms with E-state index in [0.29, 0.717) is 12.3 Å². The van der Waals surface area contributed by atoms with Gasteiger partial charge in [0.2, 0.25) is 0 Å². The van der Waals surface area contributed by atoms with Gasteiger partial charge in [0.15, 0.2) is 5.82 Å². The number of aryl methyl sites for hydroxylation is 1. The van der Waals surface area contributed by atoms with Crippen LogP contribution in [0.4, 0.5) is 0 Å². The van der Waals surface area contributed by atoms with Gasteiger partial charge < -0.3 is 10.5 Å². The van der Waals surface area contributed by atoms with Crippen LogP contribution in [0.1, 0.15) is 11.4 Å². The Balaban J connectivity index is 2.18. The van der Waals surface area contributed by atoms with Crippen LogP contribution in [0.15, 0.2) is 24.3 Å². The average molecular weight is 257 g/mol. The van der Waals surface area contributed by atoms with Gasteiger partial charge >= 0.3 is 0 Å². The van der Waals surface area contributed by atoms with Crippen LogP contribution in [-0.2, 0) is 6.54 Å². The number of benzene rings is 1. The minimum Gasteiger partial charge on any atom is -0.496 e. The number of nitrogens with zero attached hydrogens (tertiary/aromatic N) is 3. The molecule has 1 aromatic carbocycles. The van der Waals surface area contributed by atoms with E-state index in [-0.39, 0.29) is 0 Å². The first kappa shape index (κ1) is 11.7. The van der Waals surface area contributed by atoms with Crippen molar-refractivity contribution < 1.29 is 4.74 Å². The third-order valence-corrected chi connectivity index (χ3v) is 3.14. The Morgan fingerprint density at radius 1 is 1.32 bits per heavy atom. The smallest absolute Gasteiger partial charge is 0.251 e. The topological polar surface area (TPSA) is 81.2 Å². The number of imidazole rings is 1. The van der Waals surface area contributed by atoms with Gasteiger partial charge in [-0.05, 0) is 19.1 Å². The molecule has 6 nitrogen and oxygen atoms in total. The Kier molecular flexibility index (Phi) is 2.72. The number of aromatic amines is 1. The van der Waals surface area contributed by atoms with Crippen molar-refractivity contribution in [1.82, 2.24) is 19.6 Å². The first-order valence-corrected chi connectivity index (χ1v) is 6.02. The lowest BCUT2D eigenvalue weighted by Crippen LogP contribution is -2.03. The predicted molar refractivity (Wildman–Crippen MR) is 72.0 cm³/mol. The van der Waals surface area contributed by atoms with E-state index in [1.54, 1.807) is 7.11 Å².